The molecular weight excluding hydrogens is 650 g/mol. The van der Waals surface area contributed by atoms with E-state index in [2.05, 4.69) is 32.6 Å². The Morgan fingerprint density at radius 1 is 0.385 bits per heavy atom. The monoisotopic (exact) mass is 740 g/mol. The van der Waals surface area contributed by atoms with Crippen LogP contribution in [0.2, 0.25) is 0 Å². The highest BCUT2D eigenvalue weighted by molar-refractivity contribution is 5.70. The second-order valence-electron chi connectivity index (χ2n) is 15.5. The topological polar surface area (TPSA) is 82.1 Å². The Balaban J connectivity index is 0. The molecule has 310 valence electrons. The molecule has 7 nitrogen and oxygen atoms in total. The first-order valence-electron chi connectivity index (χ1n) is 22.0. The van der Waals surface area contributed by atoms with Gasteiger partial charge < -0.3 is 19.1 Å². The van der Waals surface area contributed by atoms with Gasteiger partial charge in [-0.3, -0.25) is 14.4 Å². The smallest absolute Gasteiger partial charge is 0.306 e. The Morgan fingerprint density at radius 3 is 0.923 bits per heavy atom. The molecule has 0 saturated heterocycles. The van der Waals surface area contributed by atoms with Crippen molar-refractivity contribution in [1.29, 1.82) is 0 Å². The van der Waals surface area contributed by atoms with Crippen LogP contribution in [0.3, 0.4) is 0 Å². The van der Waals surface area contributed by atoms with E-state index in [9.17, 15) is 14.4 Å². The van der Waals surface area contributed by atoms with Gasteiger partial charge >= 0.3 is 17.9 Å². The summed E-state index contributed by atoms with van der Waals surface area (Å²) in [6, 6.07) is 0. The van der Waals surface area contributed by atoms with Gasteiger partial charge in [0.2, 0.25) is 0 Å². The number of rotatable bonds is 38. The highest BCUT2D eigenvalue weighted by atomic mass is 16.6. The maximum Gasteiger partial charge on any atom is 0.306 e. The average Bonchev–Trinajstić information content (AvgIpc) is 3.09. The minimum atomic E-state index is -0.119. The molecule has 2 unspecified atom stereocenters. The quantitative estimate of drug-likeness (QED) is 0.0354. The molecule has 52 heavy (non-hydrogen) atoms. The largest absolute Gasteiger partial charge is 0.462 e. The molecule has 0 aliphatic heterocycles. The van der Waals surface area contributed by atoms with Crippen molar-refractivity contribution in [2.45, 2.75) is 252 Å². The summed E-state index contributed by atoms with van der Waals surface area (Å²) in [5.74, 6) is -0.239. The van der Waals surface area contributed by atoms with E-state index in [1.807, 2.05) is 14.1 Å². The van der Waals surface area contributed by atoms with Gasteiger partial charge in [-0.25, -0.2) is 0 Å². The van der Waals surface area contributed by atoms with E-state index in [0.717, 1.165) is 116 Å². The first-order chi connectivity index (χ1) is 24.7. The summed E-state index contributed by atoms with van der Waals surface area (Å²) in [5.41, 5.74) is 0. The standard InChI is InChI=1S/C44H85NO6.CH4/c1-7-11-15-21-30-39(29-20-14-10-4)49-42(46)35-26-18-24-33-41(51-44(48)37-28-38-45(5)6)34-25-19-27-36-43(47)50-40(31-22-16-12-8-2)32-23-17-13-9-3;/h39-41H,7-38H2,1-6H3;1H4. The van der Waals surface area contributed by atoms with Gasteiger partial charge in [-0.2, -0.15) is 0 Å². The van der Waals surface area contributed by atoms with Crippen molar-refractivity contribution >= 4 is 17.9 Å². The molecule has 0 rings (SSSR count). The number of hydrogen-bond acceptors (Lipinski definition) is 7. The molecule has 0 aromatic carbocycles. The van der Waals surface area contributed by atoms with Crippen LogP contribution in [0.15, 0.2) is 0 Å². The summed E-state index contributed by atoms with van der Waals surface area (Å²) in [6.45, 7) is 9.74. The first-order valence-corrected chi connectivity index (χ1v) is 22.0. The Hall–Kier alpha value is -1.63. The predicted molar refractivity (Wildman–Crippen MR) is 221 cm³/mol. The fourth-order valence-corrected chi connectivity index (χ4v) is 6.72. The summed E-state index contributed by atoms with van der Waals surface area (Å²) in [7, 11) is 4.03. The number of nitrogens with zero attached hydrogens (tertiary/aromatic N) is 1. The van der Waals surface area contributed by atoms with E-state index >= 15 is 0 Å². The van der Waals surface area contributed by atoms with Crippen molar-refractivity contribution < 1.29 is 28.6 Å². The van der Waals surface area contributed by atoms with E-state index in [1.165, 1.54) is 70.6 Å². The van der Waals surface area contributed by atoms with Crippen LogP contribution in [-0.4, -0.2) is 61.8 Å². The zero-order valence-corrected chi connectivity index (χ0v) is 34.8. The number of esters is 3. The molecule has 0 spiro atoms. The molecule has 0 aliphatic rings. The van der Waals surface area contributed by atoms with Gasteiger partial charge in [-0.15, -0.1) is 0 Å². The summed E-state index contributed by atoms with van der Waals surface area (Å²) >= 11 is 0. The minimum absolute atomic E-state index is 0. The lowest BCUT2D eigenvalue weighted by Gasteiger charge is -2.19. The van der Waals surface area contributed by atoms with Gasteiger partial charge in [0.25, 0.3) is 0 Å². The predicted octanol–water partition coefficient (Wildman–Crippen LogP) is 13.1. The Kier molecular flexibility index (Phi) is 39.4. The number of carbonyl (C=O) groups excluding carboxylic acids is 3. The summed E-state index contributed by atoms with van der Waals surface area (Å²) < 4.78 is 17.9. The average molecular weight is 740 g/mol. The van der Waals surface area contributed by atoms with Crippen molar-refractivity contribution in [3.8, 4) is 0 Å². The van der Waals surface area contributed by atoms with Gasteiger partial charge in [0, 0.05) is 19.3 Å². The zero-order valence-electron chi connectivity index (χ0n) is 34.8. The van der Waals surface area contributed by atoms with Crippen LogP contribution in [0, 0.1) is 0 Å². The molecule has 0 aliphatic carbocycles. The summed E-state index contributed by atoms with van der Waals surface area (Å²) in [5, 5.41) is 0. The van der Waals surface area contributed by atoms with Crippen LogP contribution in [0.4, 0.5) is 0 Å². The van der Waals surface area contributed by atoms with Crippen molar-refractivity contribution in [2.75, 3.05) is 20.6 Å². The van der Waals surface area contributed by atoms with Crippen LogP contribution in [0.25, 0.3) is 0 Å². The van der Waals surface area contributed by atoms with Crippen molar-refractivity contribution in [3.05, 3.63) is 0 Å². The Labute approximate surface area is 323 Å². The third-order valence-electron chi connectivity index (χ3n) is 9.96. The molecule has 0 fully saturated rings. The molecular formula is C45H89NO6. The SMILES string of the molecule is C.CCCCCCC(CCCCC)OC(=O)CCCCCC(CCCCCC(=O)OC(CCCCCC)CCCCCC)OC(=O)CCCN(C)C. The molecule has 0 amide bonds. The Morgan fingerprint density at radius 2 is 0.635 bits per heavy atom. The van der Waals surface area contributed by atoms with E-state index < -0.39 is 0 Å². The molecule has 0 heterocycles. The maximum atomic E-state index is 12.7. The molecule has 0 saturated carbocycles. The molecule has 0 aromatic heterocycles. The fourth-order valence-electron chi connectivity index (χ4n) is 6.72. The van der Waals surface area contributed by atoms with Crippen molar-refractivity contribution in [1.82, 2.24) is 4.90 Å². The van der Waals surface area contributed by atoms with Gasteiger partial charge in [0.1, 0.15) is 18.3 Å². The minimum Gasteiger partial charge on any atom is -0.462 e. The summed E-state index contributed by atoms with van der Waals surface area (Å²) in [4.78, 5) is 40.2. The lowest BCUT2D eigenvalue weighted by molar-refractivity contribution is -0.151. The second-order valence-corrected chi connectivity index (χ2v) is 15.5. The number of unbranched alkanes of at least 4 members (excludes halogenated alkanes) is 15. The fraction of sp³-hybridized carbons (Fsp3) is 0.933. The maximum absolute atomic E-state index is 12.7. The number of ether oxygens (including phenoxy) is 3. The normalized spacial score (nSPS) is 12.5. The number of hydrogen-bond donors (Lipinski definition) is 0. The Bertz CT molecular complexity index is 791. The van der Waals surface area contributed by atoms with Gasteiger partial charge in [-0.05, 0) is 117 Å². The highest BCUT2D eigenvalue weighted by Crippen LogP contribution is 2.20. The van der Waals surface area contributed by atoms with Crippen LogP contribution >= 0.6 is 0 Å². The zero-order chi connectivity index (χ0) is 37.8. The van der Waals surface area contributed by atoms with Crippen LogP contribution in [-0.2, 0) is 28.6 Å². The van der Waals surface area contributed by atoms with Gasteiger partial charge in [-0.1, -0.05) is 119 Å². The highest BCUT2D eigenvalue weighted by Gasteiger charge is 2.18. The summed E-state index contributed by atoms with van der Waals surface area (Å²) in [6.07, 6.45) is 30.9. The molecule has 7 heteroatoms. The molecule has 0 radical (unpaired) electrons. The number of carbonyl (C=O) groups is 3. The molecule has 0 aromatic rings. The molecule has 0 N–H and O–H groups in total. The first kappa shape index (κ1) is 52.5. The van der Waals surface area contributed by atoms with E-state index in [1.54, 1.807) is 0 Å². The van der Waals surface area contributed by atoms with Crippen molar-refractivity contribution in [3.63, 3.8) is 0 Å². The van der Waals surface area contributed by atoms with Crippen molar-refractivity contribution in [2.24, 2.45) is 0 Å². The molecule has 0 bridgehead atoms. The van der Waals surface area contributed by atoms with Gasteiger partial charge in [0.05, 0.1) is 0 Å². The van der Waals surface area contributed by atoms with Crippen LogP contribution < -0.4 is 0 Å². The lowest BCUT2D eigenvalue weighted by atomic mass is 10.0. The third kappa shape index (κ3) is 35.4. The van der Waals surface area contributed by atoms with E-state index in [0.29, 0.717) is 19.3 Å². The lowest BCUT2D eigenvalue weighted by Crippen LogP contribution is -2.20. The molecule has 2 atom stereocenters. The van der Waals surface area contributed by atoms with Crippen LogP contribution in [0.1, 0.15) is 234 Å². The van der Waals surface area contributed by atoms with E-state index in [4.69, 9.17) is 14.2 Å². The van der Waals surface area contributed by atoms with Crippen LogP contribution in [0.5, 0.6) is 0 Å². The van der Waals surface area contributed by atoms with E-state index in [-0.39, 0.29) is 43.6 Å². The third-order valence-corrected chi connectivity index (χ3v) is 9.96. The van der Waals surface area contributed by atoms with Gasteiger partial charge in [0.15, 0.2) is 0 Å². The second kappa shape index (κ2) is 39.1.